The van der Waals surface area contributed by atoms with Crippen LogP contribution in [0.1, 0.15) is 24.1 Å². The van der Waals surface area contributed by atoms with Gasteiger partial charge >= 0.3 is 0 Å². The number of rotatable bonds is 1. The number of hydrogen-bond acceptors (Lipinski definition) is 1. The van der Waals surface area contributed by atoms with Gasteiger partial charge in [-0.05, 0) is 42.7 Å². The van der Waals surface area contributed by atoms with Gasteiger partial charge in [-0.25, -0.2) is 0 Å². The summed E-state index contributed by atoms with van der Waals surface area (Å²) in [6.07, 6.45) is 4.44. The molecule has 3 aliphatic rings. The fourth-order valence-corrected chi connectivity index (χ4v) is 5.34. The van der Waals surface area contributed by atoms with Crippen LogP contribution in [0.2, 0.25) is 4.34 Å². The van der Waals surface area contributed by atoms with Crippen LogP contribution < -0.4 is 0 Å². The highest BCUT2D eigenvalue weighted by atomic mass is 35.5. The molecule has 2 atom stereocenters. The highest BCUT2D eigenvalue weighted by Crippen LogP contribution is 2.88. The van der Waals surface area contributed by atoms with Gasteiger partial charge in [0.1, 0.15) is 0 Å². The quantitative estimate of drug-likeness (QED) is 0.663. The summed E-state index contributed by atoms with van der Waals surface area (Å²) >= 11 is 7.81. The SMILES string of the molecule is Clc1ccc(C23C4CCCC2C43)s1. The van der Waals surface area contributed by atoms with Gasteiger partial charge in [-0.1, -0.05) is 18.0 Å². The summed E-state index contributed by atoms with van der Waals surface area (Å²) in [6.45, 7) is 0. The van der Waals surface area contributed by atoms with Crippen LogP contribution in [-0.4, -0.2) is 0 Å². The van der Waals surface area contributed by atoms with Crippen LogP contribution in [0.5, 0.6) is 0 Å². The molecule has 0 spiro atoms. The number of fused-ring (bicyclic) bond motifs is 2. The van der Waals surface area contributed by atoms with E-state index < -0.39 is 0 Å². The molecular weight excluding hydrogens is 200 g/mol. The van der Waals surface area contributed by atoms with E-state index in [1.807, 2.05) is 11.3 Å². The zero-order valence-corrected chi connectivity index (χ0v) is 8.87. The second-order valence-electron chi connectivity index (χ2n) is 4.71. The zero-order valence-electron chi connectivity index (χ0n) is 7.29. The molecule has 68 valence electrons. The molecule has 4 rings (SSSR count). The summed E-state index contributed by atoms with van der Waals surface area (Å²) in [5.74, 6) is 3.19. The number of thiophene rings is 1. The second-order valence-corrected chi connectivity index (χ2v) is 6.42. The Morgan fingerprint density at radius 3 is 2.62 bits per heavy atom. The molecule has 0 amide bonds. The lowest BCUT2D eigenvalue weighted by Gasteiger charge is -2.24. The molecule has 0 aromatic carbocycles. The van der Waals surface area contributed by atoms with Crippen LogP contribution in [0.25, 0.3) is 0 Å². The number of halogens is 1. The molecule has 2 unspecified atom stereocenters. The molecule has 3 fully saturated rings. The molecule has 0 aliphatic heterocycles. The van der Waals surface area contributed by atoms with E-state index in [0.717, 1.165) is 22.1 Å². The third-order valence-electron chi connectivity index (χ3n) is 4.46. The zero-order chi connectivity index (χ0) is 8.63. The molecule has 0 N–H and O–H groups in total. The van der Waals surface area contributed by atoms with Crippen LogP contribution in [-0.2, 0) is 5.41 Å². The minimum absolute atomic E-state index is 0.677. The minimum Gasteiger partial charge on any atom is -0.128 e. The Balaban J connectivity index is 1.77. The van der Waals surface area contributed by atoms with E-state index in [4.69, 9.17) is 11.6 Å². The molecule has 0 bridgehead atoms. The van der Waals surface area contributed by atoms with E-state index in [1.165, 1.54) is 19.3 Å². The van der Waals surface area contributed by atoms with Gasteiger partial charge in [0.15, 0.2) is 0 Å². The maximum Gasteiger partial charge on any atom is 0.0931 e. The summed E-state index contributed by atoms with van der Waals surface area (Å²) in [5.41, 5.74) is 0.677. The van der Waals surface area contributed by atoms with Crippen LogP contribution >= 0.6 is 22.9 Å². The molecule has 1 aromatic heterocycles. The molecule has 3 saturated carbocycles. The monoisotopic (exact) mass is 210 g/mol. The van der Waals surface area contributed by atoms with E-state index in [0.29, 0.717) is 5.41 Å². The average Bonchev–Trinajstić information content (AvgIpc) is 2.99. The normalized spacial score (nSPS) is 50.1. The van der Waals surface area contributed by atoms with Crippen molar-refractivity contribution in [1.82, 2.24) is 0 Å². The molecule has 13 heavy (non-hydrogen) atoms. The predicted molar refractivity (Wildman–Crippen MR) is 55.3 cm³/mol. The fourth-order valence-electron chi connectivity index (χ4n) is 3.93. The van der Waals surface area contributed by atoms with Gasteiger partial charge in [0.05, 0.1) is 4.34 Å². The Bertz CT molecular complexity index is 360. The minimum atomic E-state index is 0.677. The van der Waals surface area contributed by atoms with Gasteiger partial charge in [0.2, 0.25) is 0 Å². The molecule has 1 heterocycles. The lowest BCUT2D eigenvalue weighted by molar-refractivity contribution is 0.317. The first-order valence-electron chi connectivity index (χ1n) is 5.11. The van der Waals surface area contributed by atoms with Crippen molar-refractivity contribution in [2.75, 3.05) is 0 Å². The van der Waals surface area contributed by atoms with E-state index in [9.17, 15) is 0 Å². The van der Waals surface area contributed by atoms with Crippen LogP contribution in [0.3, 0.4) is 0 Å². The highest BCUT2D eigenvalue weighted by molar-refractivity contribution is 7.16. The molecule has 3 aliphatic carbocycles. The Morgan fingerprint density at radius 1 is 1.31 bits per heavy atom. The molecule has 0 radical (unpaired) electrons. The Morgan fingerprint density at radius 2 is 2.08 bits per heavy atom. The van der Waals surface area contributed by atoms with Crippen molar-refractivity contribution >= 4 is 22.9 Å². The van der Waals surface area contributed by atoms with Crippen molar-refractivity contribution in [3.05, 3.63) is 21.3 Å². The topological polar surface area (TPSA) is 0 Å². The maximum absolute atomic E-state index is 5.99. The standard InChI is InChI=1S/C11H11ClS/c12-9-5-4-8(13-9)11-6-2-1-3-7(11)10(6)11/h4-7,10H,1-3H2. The van der Waals surface area contributed by atoms with Crippen molar-refractivity contribution in [2.24, 2.45) is 17.8 Å². The van der Waals surface area contributed by atoms with Gasteiger partial charge in [0, 0.05) is 10.3 Å². The first-order chi connectivity index (χ1) is 6.35. The summed E-state index contributed by atoms with van der Waals surface area (Å²) in [6, 6.07) is 4.34. The molecular formula is C11H11ClS. The third kappa shape index (κ3) is 0.647. The van der Waals surface area contributed by atoms with Gasteiger partial charge in [-0.3, -0.25) is 0 Å². The van der Waals surface area contributed by atoms with Crippen LogP contribution in [0.15, 0.2) is 12.1 Å². The lowest BCUT2D eigenvalue weighted by Crippen LogP contribution is -2.17. The summed E-state index contributed by atoms with van der Waals surface area (Å²) in [4.78, 5) is 1.59. The van der Waals surface area contributed by atoms with Crippen molar-refractivity contribution in [3.63, 3.8) is 0 Å². The molecule has 0 saturated heterocycles. The Labute approximate surface area is 86.9 Å². The van der Waals surface area contributed by atoms with Crippen molar-refractivity contribution in [3.8, 4) is 0 Å². The van der Waals surface area contributed by atoms with E-state index in [2.05, 4.69) is 12.1 Å². The number of hydrogen-bond donors (Lipinski definition) is 0. The smallest absolute Gasteiger partial charge is 0.0931 e. The fraction of sp³-hybridized carbons (Fsp3) is 0.636. The van der Waals surface area contributed by atoms with Crippen molar-refractivity contribution in [1.29, 1.82) is 0 Å². The predicted octanol–water partition coefficient (Wildman–Crippen LogP) is 3.70. The third-order valence-corrected chi connectivity index (χ3v) is 5.86. The van der Waals surface area contributed by atoms with Gasteiger partial charge in [-0.2, -0.15) is 0 Å². The van der Waals surface area contributed by atoms with Gasteiger partial charge in [-0.15, -0.1) is 11.3 Å². The van der Waals surface area contributed by atoms with E-state index in [-0.39, 0.29) is 0 Å². The summed E-state index contributed by atoms with van der Waals surface area (Å²) in [7, 11) is 0. The van der Waals surface area contributed by atoms with Crippen molar-refractivity contribution in [2.45, 2.75) is 24.7 Å². The Kier molecular flexibility index (Phi) is 1.12. The van der Waals surface area contributed by atoms with E-state index >= 15 is 0 Å². The molecule has 2 heteroatoms. The van der Waals surface area contributed by atoms with E-state index in [1.54, 1.807) is 4.88 Å². The van der Waals surface area contributed by atoms with Crippen molar-refractivity contribution < 1.29 is 0 Å². The first kappa shape index (κ1) is 7.30. The summed E-state index contributed by atoms with van der Waals surface area (Å²) < 4.78 is 0.972. The van der Waals surface area contributed by atoms with Crippen LogP contribution in [0.4, 0.5) is 0 Å². The molecule has 1 aromatic rings. The largest absolute Gasteiger partial charge is 0.128 e. The lowest BCUT2D eigenvalue weighted by atomic mass is 9.82. The molecule has 0 nitrogen and oxygen atoms in total. The highest BCUT2D eigenvalue weighted by Gasteiger charge is 2.87. The van der Waals surface area contributed by atoms with Gasteiger partial charge in [0.25, 0.3) is 0 Å². The maximum atomic E-state index is 5.99. The summed E-state index contributed by atoms with van der Waals surface area (Å²) in [5, 5.41) is 0. The second kappa shape index (κ2) is 1.99. The van der Waals surface area contributed by atoms with Gasteiger partial charge < -0.3 is 0 Å². The van der Waals surface area contributed by atoms with Crippen LogP contribution in [0, 0.1) is 17.8 Å². The first-order valence-corrected chi connectivity index (χ1v) is 6.30. The average molecular weight is 211 g/mol. The Hall–Kier alpha value is -0.0100.